The highest BCUT2D eigenvalue weighted by Crippen LogP contribution is 2.93. The molecule has 6 fully saturated rings. The van der Waals surface area contributed by atoms with Crippen molar-refractivity contribution >= 4 is 12.2 Å². The van der Waals surface area contributed by atoms with E-state index in [1.807, 2.05) is 20.8 Å². The highest BCUT2D eigenvalue weighted by Gasteiger charge is 2.86. The second-order valence-electron chi connectivity index (χ2n) is 15.6. The van der Waals surface area contributed by atoms with Gasteiger partial charge in [-0.15, -0.1) is 5.10 Å². The van der Waals surface area contributed by atoms with E-state index in [4.69, 9.17) is 22.1 Å². The summed E-state index contributed by atoms with van der Waals surface area (Å²) in [5.74, 6) is -0.0440. The molecule has 6 aliphatic rings. The minimum Gasteiger partial charge on any atom is -0.477 e. The lowest BCUT2D eigenvalue weighted by molar-refractivity contribution is 0.0502. The molecule has 11 nitrogen and oxygen atoms in total. The number of aromatic nitrogens is 4. The van der Waals surface area contributed by atoms with Crippen molar-refractivity contribution in [3.05, 3.63) is 34.9 Å². The Balaban J connectivity index is 0.000000153. The van der Waals surface area contributed by atoms with Crippen LogP contribution in [0.15, 0.2) is 29.3 Å². The Hall–Kier alpha value is -3.08. The fraction of sp³-hybridized carbons (Fsp3) is 0.771. The molecule has 0 bridgehead atoms. The number of aromatic amines is 1. The third kappa shape index (κ3) is 6.53. The molecule has 0 saturated heterocycles. The van der Waals surface area contributed by atoms with Crippen LogP contribution in [0.2, 0.25) is 0 Å². The van der Waals surface area contributed by atoms with Crippen LogP contribution in [-0.4, -0.2) is 61.3 Å². The molecule has 2 N–H and O–H groups in total. The van der Waals surface area contributed by atoms with E-state index in [0.29, 0.717) is 34.1 Å². The summed E-state index contributed by atoms with van der Waals surface area (Å²) in [7, 11) is 0. The molecule has 4 spiro atoms. The average molecular weight is 645 g/mol. The van der Waals surface area contributed by atoms with Crippen LogP contribution >= 0.6 is 0 Å². The average Bonchev–Trinajstić information content (AvgIpc) is 3.74. The molecule has 46 heavy (non-hydrogen) atoms. The van der Waals surface area contributed by atoms with Crippen molar-refractivity contribution < 1.29 is 31.6 Å². The molecule has 8 rings (SSSR count). The van der Waals surface area contributed by atoms with Crippen molar-refractivity contribution in [1.82, 2.24) is 19.6 Å². The Morgan fingerprint density at radius 2 is 1.35 bits per heavy atom. The van der Waals surface area contributed by atoms with Crippen molar-refractivity contribution in [2.45, 2.75) is 124 Å². The van der Waals surface area contributed by atoms with Crippen LogP contribution in [-0.2, 0) is 9.47 Å². The van der Waals surface area contributed by atoms with Gasteiger partial charge in [-0.2, -0.15) is 9.36 Å². The smallest absolute Gasteiger partial charge is 0.435 e. The van der Waals surface area contributed by atoms with E-state index in [9.17, 15) is 14.4 Å². The molecule has 0 atom stereocenters. The van der Waals surface area contributed by atoms with Crippen LogP contribution in [0.5, 0.6) is 5.88 Å². The number of aliphatic hydroxyl groups excluding tert-OH is 1. The SMILES string of the molecule is C.CC(C)(C)OC(=O)n1ccc(=O)[nH]1.[2H]C1(CCO)C2(CC2)C12CC2.[2H]C1(CCOc2ccn(C(=O)OC(C)(C)C)n2)C2(CC2)C12CC2. The number of nitrogens with one attached hydrogen (secondary N) is 1. The minimum atomic E-state index is -0.588. The molecule has 0 radical (unpaired) electrons. The summed E-state index contributed by atoms with van der Waals surface area (Å²) in [6, 6.07) is 2.91. The summed E-state index contributed by atoms with van der Waals surface area (Å²) in [5, 5.41) is 15.2. The molecule has 256 valence electrons. The van der Waals surface area contributed by atoms with E-state index in [1.165, 1.54) is 63.6 Å². The lowest BCUT2D eigenvalue weighted by Crippen LogP contribution is -2.28. The molecular formula is C35H54N4O7. The maximum Gasteiger partial charge on any atom is 0.435 e. The fourth-order valence-corrected chi connectivity index (χ4v) is 7.94. The first-order valence-corrected chi connectivity index (χ1v) is 16.4. The number of hydrogen-bond acceptors (Lipinski definition) is 8. The van der Waals surface area contributed by atoms with E-state index in [0.717, 1.165) is 22.2 Å². The lowest BCUT2D eigenvalue weighted by atomic mass is 10.2. The third-order valence-corrected chi connectivity index (χ3v) is 10.3. The molecule has 0 aromatic carbocycles. The zero-order valence-corrected chi connectivity index (χ0v) is 27.5. The minimum absolute atomic E-state index is 0. The topological polar surface area (TPSA) is 138 Å². The predicted molar refractivity (Wildman–Crippen MR) is 173 cm³/mol. The van der Waals surface area contributed by atoms with Crippen LogP contribution in [0.25, 0.3) is 0 Å². The van der Waals surface area contributed by atoms with E-state index in [2.05, 4.69) is 10.2 Å². The van der Waals surface area contributed by atoms with Gasteiger partial charge in [0.05, 0.1) is 6.61 Å². The highest BCUT2D eigenvalue weighted by atomic mass is 16.6. The van der Waals surface area contributed by atoms with E-state index in [-0.39, 0.29) is 31.4 Å². The maximum atomic E-state index is 11.9. The first kappa shape index (κ1) is 31.5. The van der Waals surface area contributed by atoms with Gasteiger partial charge >= 0.3 is 12.2 Å². The third-order valence-electron chi connectivity index (χ3n) is 10.3. The summed E-state index contributed by atoms with van der Waals surface area (Å²) < 4.78 is 35.0. The van der Waals surface area contributed by atoms with Gasteiger partial charge in [0.25, 0.3) is 5.56 Å². The van der Waals surface area contributed by atoms with E-state index < -0.39 is 23.4 Å². The summed E-state index contributed by atoms with van der Waals surface area (Å²) in [6.07, 6.45) is 13.3. The zero-order chi connectivity index (χ0) is 34.3. The molecule has 0 unspecified atom stereocenters. The first-order valence-electron chi connectivity index (χ1n) is 17.4. The monoisotopic (exact) mass is 644 g/mol. The zero-order valence-electron chi connectivity index (χ0n) is 29.5. The second kappa shape index (κ2) is 11.6. The molecular weight excluding hydrogens is 588 g/mol. The van der Waals surface area contributed by atoms with Gasteiger partial charge < -0.3 is 19.3 Å². The molecule has 0 amide bonds. The summed E-state index contributed by atoms with van der Waals surface area (Å²) in [4.78, 5) is 33.8. The van der Waals surface area contributed by atoms with E-state index in [1.54, 1.807) is 33.0 Å². The molecule has 6 aliphatic carbocycles. The highest BCUT2D eigenvalue weighted by molar-refractivity contribution is 5.70. The molecule has 2 aromatic heterocycles. The summed E-state index contributed by atoms with van der Waals surface area (Å²) >= 11 is 0. The number of nitrogens with zero attached hydrogens (tertiary/aromatic N) is 3. The molecule has 2 heterocycles. The fourth-order valence-electron chi connectivity index (χ4n) is 7.94. The van der Waals surface area contributed by atoms with Crippen LogP contribution < -0.4 is 10.3 Å². The number of aliphatic hydroxyl groups is 1. The van der Waals surface area contributed by atoms with Gasteiger partial charge in [0.2, 0.25) is 5.88 Å². The number of carbonyl (C=O) groups excluding carboxylic acids is 2. The van der Waals surface area contributed by atoms with Gasteiger partial charge in [-0.1, -0.05) is 7.43 Å². The Kier molecular flexibility index (Phi) is 7.92. The maximum absolute atomic E-state index is 11.9. The van der Waals surface area contributed by atoms with Crippen molar-refractivity contribution in [1.29, 1.82) is 0 Å². The van der Waals surface area contributed by atoms with E-state index >= 15 is 0 Å². The van der Waals surface area contributed by atoms with Crippen molar-refractivity contribution in [3.63, 3.8) is 0 Å². The van der Waals surface area contributed by atoms with Crippen LogP contribution in [0.1, 0.15) is 116 Å². The molecule has 0 aliphatic heterocycles. The number of hydrogen-bond donors (Lipinski definition) is 2. The van der Waals surface area contributed by atoms with Gasteiger partial charge in [-0.05, 0) is 139 Å². The Bertz CT molecular complexity index is 1540. The van der Waals surface area contributed by atoms with Crippen molar-refractivity contribution in [3.8, 4) is 5.88 Å². The summed E-state index contributed by atoms with van der Waals surface area (Å²) in [6.45, 7) is 11.4. The lowest BCUT2D eigenvalue weighted by Gasteiger charge is -2.18. The van der Waals surface area contributed by atoms with Gasteiger partial charge in [-0.3, -0.25) is 9.89 Å². The first-order chi connectivity index (χ1) is 21.8. The van der Waals surface area contributed by atoms with Crippen molar-refractivity contribution in [2.24, 2.45) is 33.4 Å². The largest absolute Gasteiger partial charge is 0.477 e. The second-order valence-corrected chi connectivity index (χ2v) is 15.6. The molecule has 2 aromatic rings. The van der Waals surface area contributed by atoms with Gasteiger partial charge in [0, 0.05) is 33.9 Å². The number of fused-ring (bicyclic) bond motifs is 2. The Labute approximate surface area is 275 Å². The quantitative estimate of drug-likeness (QED) is 0.351. The van der Waals surface area contributed by atoms with Crippen LogP contribution in [0, 0.1) is 33.4 Å². The Morgan fingerprint density at radius 1 is 0.870 bits per heavy atom. The molecule has 11 heteroatoms. The normalized spacial score (nSPS) is 26.6. The van der Waals surface area contributed by atoms with Crippen LogP contribution in [0.4, 0.5) is 9.59 Å². The molecule has 6 saturated carbocycles. The van der Waals surface area contributed by atoms with Crippen molar-refractivity contribution in [2.75, 3.05) is 13.2 Å². The number of rotatable bonds is 6. The number of carbonyl (C=O) groups is 2. The summed E-state index contributed by atoms with van der Waals surface area (Å²) in [5.41, 5.74) is 0.0679. The Morgan fingerprint density at radius 3 is 1.76 bits per heavy atom. The number of ether oxygens (including phenoxy) is 3. The van der Waals surface area contributed by atoms with Crippen LogP contribution in [0.3, 0.4) is 0 Å². The predicted octanol–water partition coefficient (Wildman–Crippen LogP) is 6.78. The standard InChI is InChI=1S/C17H24N2O3.C9H14O.C8H12N2O3.CH4/c1-15(2,3)22-14(20)19-10-4-13(18-19)21-11-5-12-16(6-7-16)17(12)8-9-17;10-6-1-7-8(2-3-8)9(7)4-5-9;1-8(2,3)13-7(12)10-5-4-6(11)9-10;/h4,10,12H,5-9,11H2,1-3H3;7,10H,1-6H2;4-5H,1-3H3,(H,9,11);1H4/i12D;7D;;. The van der Waals surface area contributed by atoms with Gasteiger partial charge in [0.1, 0.15) is 11.2 Å². The number of H-pyrrole nitrogens is 1. The van der Waals surface area contributed by atoms with Gasteiger partial charge in [0.15, 0.2) is 0 Å². The van der Waals surface area contributed by atoms with Gasteiger partial charge in [-0.25, -0.2) is 9.59 Å².